The molecular weight excluding hydrogens is 325 g/mol. The van der Waals surface area contributed by atoms with E-state index in [1.807, 2.05) is 7.05 Å². The lowest BCUT2D eigenvalue weighted by Crippen LogP contribution is -2.37. The Kier molecular flexibility index (Phi) is 4.72. The van der Waals surface area contributed by atoms with Gasteiger partial charge in [0.25, 0.3) is 0 Å². The minimum Gasteiger partial charge on any atom is -0.367 e. The molecule has 4 nitrogen and oxygen atoms in total. The van der Waals surface area contributed by atoms with Gasteiger partial charge in [0.2, 0.25) is 0 Å². The summed E-state index contributed by atoms with van der Waals surface area (Å²) in [5, 5.41) is 7.37. The average molecular weight is 344 g/mol. The van der Waals surface area contributed by atoms with Crippen molar-refractivity contribution in [2.24, 2.45) is 0 Å². The van der Waals surface area contributed by atoms with Gasteiger partial charge in [0.05, 0.1) is 11.8 Å². The lowest BCUT2D eigenvalue weighted by atomic mass is 9.91. The van der Waals surface area contributed by atoms with Crippen molar-refractivity contribution in [1.82, 2.24) is 15.3 Å². The van der Waals surface area contributed by atoms with Crippen LogP contribution in [0.1, 0.15) is 30.6 Å². The molecule has 0 unspecified atom stereocenters. The van der Waals surface area contributed by atoms with Gasteiger partial charge in [-0.05, 0) is 38.8 Å². The van der Waals surface area contributed by atoms with Crippen LogP contribution >= 0.6 is 11.3 Å². The number of rotatable bonds is 4. The summed E-state index contributed by atoms with van der Waals surface area (Å²) in [5.41, 5.74) is 0. The first-order chi connectivity index (χ1) is 10.9. The second-order valence-corrected chi connectivity index (χ2v) is 7.05. The van der Waals surface area contributed by atoms with Gasteiger partial charge in [0.1, 0.15) is 17.0 Å². The smallest absolute Gasteiger partial charge is 0.367 e. The number of nitrogens with one attached hydrogen (secondary N) is 2. The molecule has 0 amide bonds. The summed E-state index contributed by atoms with van der Waals surface area (Å²) in [4.78, 5) is 9.22. The van der Waals surface area contributed by atoms with E-state index < -0.39 is 12.6 Å². The molecule has 2 heterocycles. The van der Waals surface area contributed by atoms with Crippen molar-refractivity contribution in [3.8, 4) is 0 Å². The van der Waals surface area contributed by atoms with Crippen molar-refractivity contribution in [3.05, 3.63) is 17.3 Å². The Morgan fingerprint density at radius 2 is 2.04 bits per heavy atom. The van der Waals surface area contributed by atoms with Crippen molar-refractivity contribution in [3.63, 3.8) is 0 Å². The molecule has 0 bridgehead atoms. The third kappa shape index (κ3) is 4.11. The van der Waals surface area contributed by atoms with E-state index in [2.05, 4.69) is 20.6 Å². The van der Waals surface area contributed by atoms with Crippen LogP contribution in [-0.2, 0) is 6.42 Å². The summed E-state index contributed by atoms with van der Waals surface area (Å²) >= 11 is 1.08. The molecule has 8 heteroatoms. The molecule has 126 valence electrons. The third-order valence-electron chi connectivity index (χ3n) is 4.18. The molecule has 0 radical (unpaired) electrons. The van der Waals surface area contributed by atoms with Crippen LogP contribution in [0, 0.1) is 0 Å². The van der Waals surface area contributed by atoms with E-state index in [-0.39, 0.29) is 10.9 Å². The van der Waals surface area contributed by atoms with Crippen LogP contribution in [0.4, 0.5) is 19.0 Å². The van der Waals surface area contributed by atoms with Gasteiger partial charge < -0.3 is 10.6 Å². The minimum absolute atomic E-state index is 0.271. The summed E-state index contributed by atoms with van der Waals surface area (Å²) in [6, 6.07) is 2.32. The zero-order valence-corrected chi connectivity index (χ0v) is 13.6. The Morgan fingerprint density at radius 1 is 1.26 bits per heavy atom. The van der Waals surface area contributed by atoms with Crippen molar-refractivity contribution < 1.29 is 13.2 Å². The highest BCUT2D eigenvalue weighted by molar-refractivity contribution is 7.18. The lowest BCUT2D eigenvalue weighted by Gasteiger charge is -2.29. The van der Waals surface area contributed by atoms with E-state index in [0.29, 0.717) is 22.1 Å². The van der Waals surface area contributed by atoms with Gasteiger partial charge in [-0.1, -0.05) is 0 Å². The second kappa shape index (κ2) is 6.60. The zero-order chi connectivity index (χ0) is 16.4. The largest absolute Gasteiger partial charge is 0.393 e. The highest BCUT2D eigenvalue weighted by Gasteiger charge is 2.29. The maximum Gasteiger partial charge on any atom is 0.393 e. The fourth-order valence-electron chi connectivity index (χ4n) is 3.08. The standard InChI is InChI=1S/C15H19F3N4S/c1-19-9-3-2-4-10(5-9)22-13-12-6-11(7-15(16,17)18)23-14(12)21-8-20-13/h6,8-10,19H,2-5,7H2,1H3,(H,20,21,22)/t9-,10+/m0/s1. The van der Waals surface area contributed by atoms with Gasteiger partial charge in [0, 0.05) is 17.0 Å². The molecule has 1 aliphatic carbocycles. The molecule has 0 spiro atoms. The fraction of sp³-hybridized carbons (Fsp3) is 0.600. The Balaban J connectivity index is 1.80. The van der Waals surface area contributed by atoms with E-state index >= 15 is 0 Å². The Bertz CT molecular complexity index is 670. The molecule has 2 aromatic heterocycles. The molecule has 23 heavy (non-hydrogen) atoms. The van der Waals surface area contributed by atoms with Gasteiger partial charge in [-0.15, -0.1) is 11.3 Å². The van der Waals surface area contributed by atoms with Crippen molar-refractivity contribution in [1.29, 1.82) is 0 Å². The van der Waals surface area contributed by atoms with Crippen molar-refractivity contribution in [2.75, 3.05) is 12.4 Å². The second-order valence-electron chi connectivity index (χ2n) is 5.94. The molecule has 2 atom stereocenters. The molecule has 1 saturated carbocycles. The highest BCUT2D eigenvalue weighted by Crippen LogP contribution is 2.33. The summed E-state index contributed by atoms with van der Waals surface area (Å²) in [6.45, 7) is 0. The molecule has 2 aromatic rings. The van der Waals surface area contributed by atoms with E-state index in [9.17, 15) is 13.2 Å². The summed E-state index contributed by atoms with van der Waals surface area (Å²) < 4.78 is 37.7. The predicted molar refractivity (Wildman–Crippen MR) is 85.9 cm³/mol. The minimum atomic E-state index is -4.20. The summed E-state index contributed by atoms with van der Waals surface area (Å²) in [5.74, 6) is 0.640. The Morgan fingerprint density at radius 3 is 2.78 bits per heavy atom. The molecule has 1 fully saturated rings. The number of alkyl halides is 3. The number of aromatic nitrogens is 2. The average Bonchev–Trinajstić information content (AvgIpc) is 2.89. The quantitative estimate of drug-likeness (QED) is 0.887. The predicted octanol–water partition coefficient (Wildman–Crippen LogP) is 3.74. The van der Waals surface area contributed by atoms with Gasteiger partial charge in [0.15, 0.2) is 0 Å². The lowest BCUT2D eigenvalue weighted by molar-refractivity contribution is -0.126. The molecule has 2 N–H and O–H groups in total. The number of hydrogen-bond donors (Lipinski definition) is 2. The zero-order valence-electron chi connectivity index (χ0n) is 12.8. The van der Waals surface area contributed by atoms with Crippen LogP contribution in [0.25, 0.3) is 10.2 Å². The van der Waals surface area contributed by atoms with Gasteiger partial charge in [-0.3, -0.25) is 0 Å². The topological polar surface area (TPSA) is 49.8 Å². The van der Waals surface area contributed by atoms with Gasteiger partial charge >= 0.3 is 6.18 Å². The number of halogens is 3. The van der Waals surface area contributed by atoms with E-state index in [0.717, 1.165) is 37.0 Å². The maximum atomic E-state index is 12.6. The van der Waals surface area contributed by atoms with Crippen LogP contribution in [0.5, 0.6) is 0 Å². The maximum absolute atomic E-state index is 12.6. The first-order valence-electron chi connectivity index (χ1n) is 7.68. The molecular formula is C15H19F3N4S. The highest BCUT2D eigenvalue weighted by atomic mass is 32.1. The van der Waals surface area contributed by atoms with Gasteiger partial charge in [-0.2, -0.15) is 13.2 Å². The molecule has 1 aliphatic rings. The summed E-state index contributed by atoms with van der Waals surface area (Å²) in [6.07, 6.45) is 0.605. The number of hydrogen-bond acceptors (Lipinski definition) is 5. The van der Waals surface area contributed by atoms with Crippen molar-refractivity contribution in [2.45, 2.75) is 50.4 Å². The van der Waals surface area contributed by atoms with E-state index in [1.54, 1.807) is 6.07 Å². The van der Waals surface area contributed by atoms with Crippen LogP contribution in [-0.4, -0.2) is 35.3 Å². The van der Waals surface area contributed by atoms with Crippen LogP contribution < -0.4 is 10.6 Å². The molecule has 0 aromatic carbocycles. The first-order valence-corrected chi connectivity index (χ1v) is 8.50. The van der Waals surface area contributed by atoms with E-state index in [4.69, 9.17) is 0 Å². The molecule has 3 rings (SSSR count). The Hall–Kier alpha value is -1.41. The van der Waals surface area contributed by atoms with Crippen LogP contribution in [0.3, 0.4) is 0 Å². The van der Waals surface area contributed by atoms with Gasteiger partial charge in [-0.25, -0.2) is 9.97 Å². The number of nitrogens with zero attached hydrogens (tertiary/aromatic N) is 2. The van der Waals surface area contributed by atoms with Crippen molar-refractivity contribution >= 4 is 27.4 Å². The van der Waals surface area contributed by atoms with Crippen LogP contribution in [0.15, 0.2) is 12.4 Å². The fourth-order valence-corrected chi connectivity index (χ4v) is 4.11. The van der Waals surface area contributed by atoms with Crippen LogP contribution in [0.2, 0.25) is 0 Å². The first kappa shape index (κ1) is 16.4. The molecule has 0 saturated heterocycles. The number of anilines is 1. The number of thiophene rings is 1. The summed E-state index contributed by atoms with van der Waals surface area (Å²) in [7, 11) is 1.96. The Labute approximate surface area is 136 Å². The van der Waals surface area contributed by atoms with E-state index in [1.165, 1.54) is 6.33 Å². The monoisotopic (exact) mass is 344 g/mol. The third-order valence-corrected chi connectivity index (χ3v) is 5.22. The SMILES string of the molecule is CN[C@H]1CCC[C@@H](Nc2ncnc3sc(CC(F)(F)F)cc23)C1. The number of fused-ring (bicyclic) bond motifs is 1. The normalized spacial score (nSPS) is 22.4. The molecule has 0 aliphatic heterocycles.